The largest absolute Gasteiger partial charge is 0.347 e. The van der Waals surface area contributed by atoms with Crippen molar-refractivity contribution in [2.24, 2.45) is 0 Å². The molecule has 3 rings (SSSR count). The molecule has 0 aliphatic carbocycles. The maximum Gasteiger partial charge on any atom is 0.311 e. The maximum atomic E-state index is 12.3. The van der Waals surface area contributed by atoms with Gasteiger partial charge in [0.2, 0.25) is 5.82 Å². The summed E-state index contributed by atoms with van der Waals surface area (Å²) in [5.41, 5.74) is 1.60. The molecule has 2 aromatic rings. The van der Waals surface area contributed by atoms with E-state index in [4.69, 9.17) is 11.6 Å². The van der Waals surface area contributed by atoms with Crippen molar-refractivity contribution >= 4 is 29.0 Å². The molecule has 8 heteroatoms. The highest BCUT2D eigenvalue weighted by Gasteiger charge is 2.26. The van der Waals surface area contributed by atoms with Gasteiger partial charge in [0, 0.05) is 54.9 Å². The van der Waals surface area contributed by atoms with Gasteiger partial charge in [0.1, 0.15) is 0 Å². The Labute approximate surface area is 161 Å². The number of aromatic nitrogens is 1. The normalized spacial score (nSPS) is 13.7. The molecule has 27 heavy (non-hydrogen) atoms. The van der Waals surface area contributed by atoms with E-state index in [-0.39, 0.29) is 11.6 Å². The summed E-state index contributed by atoms with van der Waals surface area (Å²) < 4.78 is 0. The first-order valence-electron chi connectivity index (χ1n) is 8.37. The molecule has 0 atom stereocenters. The molecule has 1 aromatic heterocycles. The van der Waals surface area contributed by atoms with Crippen molar-refractivity contribution in [2.75, 3.05) is 31.1 Å². The van der Waals surface area contributed by atoms with Crippen LogP contribution in [-0.4, -0.2) is 46.9 Å². The average Bonchev–Trinajstić information content (AvgIpc) is 2.68. The number of hydrogen-bond donors (Lipinski definition) is 0. The summed E-state index contributed by atoms with van der Waals surface area (Å²) in [6.07, 6.45) is 1.53. The Hall–Kier alpha value is -3.11. The van der Waals surface area contributed by atoms with Crippen LogP contribution < -0.4 is 4.90 Å². The van der Waals surface area contributed by atoms with Gasteiger partial charge in [0.05, 0.1) is 4.92 Å². The highest BCUT2D eigenvalue weighted by Crippen LogP contribution is 2.25. The lowest BCUT2D eigenvalue weighted by molar-refractivity contribution is -0.384. The second kappa shape index (κ2) is 8.06. The van der Waals surface area contributed by atoms with E-state index in [2.05, 4.69) is 16.8 Å². The summed E-state index contributed by atoms with van der Waals surface area (Å²) in [5, 5.41) is 11.8. The van der Waals surface area contributed by atoms with Crippen LogP contribution in [0.15, 0.2) is 36.5 Å². The van der Waals surface area contributed by atoms with E-state index in [1.807, 2.05) is 17.9 Å². The number of rotatable bonds is 2. The molecule has 0 bridgehead atoms. The van der Waals surface area contributed by atoms with Crippen LogP contribution in [-0.2, 0) is 4.79 Å². The van der Waals surface area contributed by atoms with Crippen LogP contribution >= 0.6 is 11.6 Å². The SMILES string of the molecule is Cc1cc(C#CC(=O)N2CCN(c3ncccc3[N+](=O)[O-])CC2)ccc1Cl. The van der Waals surface area contributed by atoms with E-state index in [0.717, 1.165) is 11.1 Å². The van der Waals surface area contributed by atoms with Crippen molar-refractivity contribution in [1.29, 1.82) is 0 Å². The third kappa shape index (κ3) is 4.36. The minimum atomic E-state index is -0.445. The lowest BCUT2D eigenvalue weighted by atomic mass is 10.1. The molecular formula is C19H17ClN4O3. The second-order valence-corrected chi connectivity index (χ2v) is 6.50. The molecule has 0 unspecified atom stereocenters. The molecular weight excluding hydrogens is 368 g/mol. The minimum Gasteiger partial charge on any atom is -0.347 e. The summed E-state index contributed by atoms with van der Waals surface area (Å²) in [5.74, 6) is 5.58. The third-order valence-corrected chi connectivity index (χ3v) is 4.72. The first-order valence-corrected chi connectivity index (χ1v) is 8.75. The van der Waals surface area contributed by atoms with E-state index in [9.17, 15) is 14.9 Å². The maximum absolute atomic E-state index is 12.3. The molecule has 138 valence electrons. The number of anilines is 1. The Bertz CT molecular complexity index is 943. The van der Waals surface area contributed by atoms with E-state index in [1.54, 1.807) is 17.0 Å². The van der Waals surface area contributed by atoms with Crippen molar-refractivity contribution in [2.45, 2.75) is 6.92 Å². The molecule has 1 amide bonds. The van der Waals surface area contributed by atoms with E-state index in [0.29, 0.717) is 37.0 Å². The number of benzene rings is 1. The van der Waals surface area contributed by atoms with Crippen LogP contribution in [0.4, 0.5) is 11.5 Å². The van der Waals surface area contributed by atoms with Gasteiger partial charge in [-0.2, -0.15) is 0 Å². The Morgan fingerprint density at radius 1 is 1.26 bits per heavy atom. The van der Waals surface area contributed by atoms with Crippen LogP contribution in [0.3, 0.4) is 0 Å². The van der Waals surface area contributed by atoms with Gasteiger partial charge in [-0.1, -0.05) is 17.5 Å². The summed E-state index contributed by atoms with van der Waals surface area (Å²) in [6, 6.07) is 8.33. The van der Waals surface area contributed by atoms with Crippen LogP contribution in [0, 0.1) is 28.9 Å². The number of nitro groups is 1. The Morgan fingerprint density at radius 3 is 2.67 bits per heavy atom. The number of pyridine rings is 1. The highest BCUT2D eigenvalue weighted by molar-refractivity contribution is 6.31. The lowest BCUT2D eigenvalue weighted by Gasteiger charge is -2.34. The molecule has 1 aliphatic rings. The highest BCUT2D eigenvalue weighted by atomic mass is 35.5. The first-order chi connectivity index (χ1) is 13.0. The van der Waals surface area contributed by atoms with Crippen molar-refractivity contribution < 1.29 is 9.72 Å². The molecule has 1 aromatic carbocycles. The van der Waals surface area contributed by atoms with Gasteiger partial charge in [0.25, 0.3) is 5.91 Å². The fraction of sp³-hybridized carbons (Fsp3) is 0.263. The van der Waals surface area contributed by atoms with Gasteiger partial charge in [-0.15, -0.1) is 0 Å². The molecule has 0 saturated carbocycles. The smallest absolute Gasteiger partial charge is 0.311 e. The number of carbonyl (C=O) groups excluding carboxylic acids is 1. The van der Waals surface area contributed by atoms with Gasteiger partial charge in [-0.05, 0) is 36.8 Å². The summed E-state index contributed by atoms with van der Waals surface area (Å²) >= 11 is 5.98. The number of amides is 1. The van der Waals surface area contributed by atoms with Gasteiger partial charge in [0.15, 0.2) is 0 Å². The van der Waals surface area contributed by atoms with Crippen LogP contribution in [0.25, 0.3) is 0 Å². The fourth-order valence-electron chi connectivity index (χ4n) is 2.82. The summed E-state index contributed by atoms with van der Waals surface area (Å²) in [4.78, 5) is 30.6. The molecule has 0 N–H and O–H groups in total. The molecule has 1 saturated heterocycles. The Kier molecular flexibility index (Phi) is 5.57. The topological polar surface area (TPSA) is 79.6 Å². The summed E-state index contributed by atoms with van der Waals surface area (Å²) in [7, 11) is 0. The van der Waals surface area contributed by atoms with Crippen LogP contribution in [0.1, 0.15) is 11.1 Å². The number of halogens is 1. The van der Waals surface area contributed by atoms with Crippen LogP contribution in [0.2, 0.25) is 5.02 Å². The van der Waals surface area contributed by atoms with Crippen molar-refractivity contribution in [3.8, 4) is 11.8 Å². The second-order valence-electron chi connectivity index (χ2n) is 6.10. The zero-order valence-electron chi connectivity index (χ0n) is 14.7. The van der Waals surface area contributed by atoms with Crippen molar-refractivity contribution in [3.63, 3.8) is 0 Å². The quantitative estimate of drug-likeness (QED) is 0.452. The monoisotopic (exact) mass is 384 g/mol. The minimum absolute atomic E-state index is 0.0322. The Morgan fingerprint density at radius 2 is 2.00 bits per heavy atom. The Balaban J connectivity index is 1.64. The van der Waals surface area contributed by atoms with Crippen LogP contribution in [0.5, 0.6) is 0 Å². The predicted octanol–water partition coefficient (Wildman–Crippen LogP) is 2.65. The van der Waals surface area contributed by atoms with Crippen molar-refractivity contribution in [1.82, 2.24) is 9.88 Å². The number of aryl methyl sites for hydroxylation is 1. The van der Waals surface area contributed by atoms with E-state index in [1.165, 1.54) is 18.3 Å². The van der Waals surface area contributed by atoms with E-state index < -0.39 is 4.92 Å². The van der Waals surface area contributed by atoms with Gasteiger partial charge < -0.3 is 9.80 Å². The number of hydrogen-bond acceptors (Lipinski definition) is 5. The molecule has 1 aliphatic heterocycles. The molecule has 0 spiro atoms. The number of piperazine rings is 1. The zero-order valence-corrected chi connectivity index (χ0v) is 15.4. The molecule has 1 fully saturated rings. The standard InChI is InChI=1S/C19H17ClN4O3/c1-14-13-15(4-6-16(14)20)5-7-18(25)22-9-11-23(12-10-22)19-17(24(26)27)3-2-8-21-19/h2-4,6,8,13H,9-12H2,1H3. The molecule has 7 nitrogen and oxygen atoms in total. The molecule has 2 heterocycles. The molecule has 0 radical (unpaired) electrons. The van der Waals surface area contributed by atoms with Crippen molar-refractivity contribution in [3.05, 3.63) is 62.8 Å². The summed E-state index contributed by atoms with van der Waals surface area (Å²) in [6.45, 7) is 3.67. The van der Waals surface area contributed by atoms with Gasteiger partial charge >= 0.3 is 5.69 Å². The van der Waals surface area contributed by atoms with E-state index >= 15 is 0 Å². The first kappa shape index (κ1) is 18.7. The fourth-order valence-corrected chi connectivity index (χ4v) is 2.94. The average molecular weight is 385 g/mol. The van der Waals surface area contributed by atoms with Gasteiger partial charge in [-0.25, -0.2) is 4.98 Å². The van der Waals surface area contributed by atoms with Gasteiger partial charge in [-0.3, -0.25) is 14.9 Å². The number of nitrogens with zero attached hydrogens (tertiary/aromatic N) is 4. The third-order valence-electron chi connectivity index (χ3n) is 4.30. The zero-order chi connectivity index (χ0) is 19.4. The lowest BCUT2D eigenvalue weighted by Crippen LogP contribution is -2.48. The number of carbonyl (C=O) groups is 1. The predicted molar refractivity (Wildman–Crippen MR) is 103 cm³/mol.